The second kappa shape index (κ2) is 8.27. The van der Waals surface area contributed by atoms with Crippen molar-refractivity contribution in [1.29, 1.82) is 0 Å². The lowest BCUT2D eigenvalue weighted by Crippen LogP contribution is -2.27. The number of aryl methyl sites for hydroxylation is 1. The first-order valence-corrected chi connectivity index (χ1v) is 11.6. The molecule has 1 unspecified atom stereocenters. The zero-order chi connectivity index (χ0) is 23.2. The number of nitrogens with one attached hydrogen (secondary N) is 2. The van der Waals surface area contributed by atoms with E-state index in [1.165, 1.54) is 5.56 Å². The molecule has 0 amide bonds. The van der Waals surface area contributed by atoms with Crippen molar-refractivity contribution in [3.05, 3.63) is 65.2 Å². The van der Waals surface area contributed by atoms with Crippen molar-refractivity contribution in [2.45, 2.75) is 25.9 Å². The van der Waals surface area contributed by atoms with Crippen LogP contribution in [0.5, 0.6) is 0 Å². The van der Waals surface area contributed by atoms with Gasteiger partial charge in [-0.15, -0.1) is 0 Å². The highest BCUT2D eigenvalue weighted by atomic mass is 35.5. The molecule has 5 aromatic rings. The number of rotatable bonds is 5. The van der Waals surface area contributed by atoms with Crippen LogP contribution in [0.3, 0.4) is 0 Å². The molecule has 0 bridgehead atoms. The minimum absolute atomic E-state index is 0.125. The Bertz CT molecular complexity index is 1510. The molecule has 172 valence electrons. The number of fused-ring (bicyclic) bond motifs is 2. The Morgan fingerprint density at radius 2 is 2.09 bits per heavy atom. The maximum absolute atomic E-state index is 6.16. The summed E-state index contributed by atoms with van der Waals surface area (Å²) in [6.07, 6.45) is 2.71. The molecule has 4 heterocycles. The molecule has 4 N–H and O–H groups in total. The standard InChI is InChI=1S/C24H24ClN9/c1-14-3-2-4-17(9-14)34-13-28-21-22(31-24(32-23(21)34)33-8-7-16(26)12-33)27-11-20-29-18-6-5-15(25)10-19(18)30-20/h2-6,9-10,13,16H,7-8,11-12,26H2,1H3,(H,29,30)(H,27,31,32). The molecule has 3 aromatic heterocycles. The molecule has 6 rings (SSSR count). The van der Waals surface area contributed by atoms with Crippen LogP contribution in [0.2, 0.25) is 5.02 Å². The van der Waals surface area contributed by atoms with E-state index < -0.39 is 0 Å². The third kappa shape index (κ3) is 3.82. The van der Waals surface area contributed by atoms with Gasteiger partial charge in [-0.2, -0.15) is 9.97 Å². The smallest absolute Gasteiger partial charge is 0.229 e. The molecule has 0 saturated carbocycles. The summed E-state index contributed by atoms with van der Waals surface area (Å²) < 4.78 is 2.00. The van der Waals surface area contributed by atoms with Crippen molar-refractivity contribution in [2.24, 2.45) is 5.73 Å². The monoisotopic (exact) mass is 473 g/mol. The number of H-pyrrole nitrogens is 1. The van der Waals surface area contributed by atoms with Crippen LogP contribution >= 0.6 is 11.6 Å². The van der Waals surface area contributed by atoms with Crippen LogP contribution in [-0.2, 0) is 6.54 Å². The molecule has 0 spiro atoms. The maximum atomic E-state index is 6.16. The molecule has 2 aromatic carbocycles. The van der Waals surface area contributed by atoms with Gasteiger partial charge in [-0.05, 0) is 49.2 Å². The molecule has 0 radical (unpaired) electrons. The fraction of sp³-hybridized carbons (Fsp3) is 0.250. The number of nitrogens with two attached hydrogens (primary N) is 1. The third-order valence-corrected chi connectivity index (χ3v) is 6.32. The lowest BCUT2D eigenvalue weighted by molar-refractivity contribution is 0.750. The predicted octanol–water partition coefficient (Wildman–Crippen LogP) is 3.80. The number of aromatic nitrogens is 6. The van der Waals surface area contributed by atoms with E-state index in [0.29, 0.717) is 28.9 Å². The Hall–Kier alpha value is -3.69. The highest BCUT2D eigenvalue weighted by molar-refractivity contribution is 6.31. The van der Waals surface area contributed by atoms with Crippen LogP contribution in [-0.4, -0.2) is 48.6 Å². The Kier molecular flexibility index (Phi) is 5.08. The van der Waals surface area contributed by atoms with Crippen molar-refractivity contribution in [1.82, 2.24) is 29.5 Å². The summed E-state index contributed by atoms with van der Waals surface area (Å²) in [6.45, 7) is 4.08. The summed E-state index contributed by atoms with van der Waals surface area (Å²) in [7, 11) is 0. The summed E-state index contributed by atoms with van der Waals surface area (Å²) in [4.78, 5) is 24.5. The van der Waals surface area contributed by atoms with Gasteiger partial charge in [-0.3, -0.25) is 4.57 Å². The second-order valence-corrected chi connectivity index (χ2v) is 9.13. The zero-order valence-corrected chi connectivity index (χ0v) is 19.4. The highest BCUT2D eigenvalue weighted by Crippen LogP contribution is 2.27. The number of nitrogens with zero attached hydrogens (tertiary/aromatic N) is 6. The highest BCUT2D eigenvalue weighted by Gasteiger charge is 2.24. The molecule has 1 atom stereocenters. The first kappa shape index (κ1) is 20.9. The number of hydrogen-bond acceptors (Lipinski definition) is 7. The molecule has 1 fully saturated rings. The number of hydrogen-bond donors (Lipinski definition) is 3. The number of aromatic amines is 1. The fourth-order valence-corrected chi connectivity index (χ4v) is 4.54. The van der Waals surface area contributed by atoms with E-state index in [1.807, 2.05) is 34.9 Å². The van der Waals surface area contributed by atoms with Crippen molar-refractivity contribution in [3.8, 4) is 5.69 Å². The average molecular weight is 474 g/mol. The van der Waals surface area contributed by atoms with Crippen LogP contribution in [0.4, 0.5) is 11.8 Å². The summed E-state index contributed by atoms with van der Waals surface area (Å²) in [6, 6.07) is 14.0. The normalized spacial score (nSPS) is 16.1. The van der Waals surface area contributed by atoms with Gasteiger partial charge in [-0.1, -0.05) is 23.7 Å². The summed E-state index contributed by atoms with van der Waals surface area (Å²) in [5.74, 6) is 2.09. The van der Waals surface area contributed by atoms with Crippen LogP contribution in [0.25, 0.3) is 27.9 Å². The van der Waals surface area contributed by atoms with Crippen LogP contribution in [0.15, 0.2) is 48.8 Å². The SMILES string of the molecule is Cc1cccc(-n2cnc3c(NCc4nc5cc(Cl)ccc5[nH]4)nc(N4CCC(N)C4)nc32)c1. The Morgan fingerprint density at radius 3 is 2.91 bits per heavy atom. The number of benzene rings is 2. The summed E-state index contributed by atoms with van der Waals surface area (Å²) in [5.41, 5.74) is 11.5. The number of imidazole rings is 2. The fourth-order valence-electron chi connectivity index (χ4n) is 4.37. The van der Waals surface area contributed by atoms with E-state index in [2.05, 4.69) is 44.2 Å². The van der Waals surface area contributed by atoms with Crippen molar-refractivity contribution < 1.29 is 0 Å². The number of halogens is 1. The Balaban J connectivity index is 1.40. The van der Waals surface area contributed by atoms with Gasteiger partial charge in [0.1, 0.15) is 12.2 Å². The molecule has 1 saturated heterocycles. The van der Waals surface area contributed by atoms with E-state index in [9.17, 15) is 0 Å². The lowest BCUT2D eigenvalue weighted by Gasteiger charge is -2.17. The van der Waals surface area contributed by atoms with Gasteiger partial charge in [0.15, 0.2) is 17.0 Å². The minimum Gasteiger partial charge on any atom is -0.361 e. The van der Waals surface area contributed by atoms with Gasteiger partial charge in [-0.25, -0.2) is 9.97 Å². The largest absolute Gasteiger partial charge is 0.361 e. The van der Waals surface area contributed by atoms with E-state index in [4.69, 9.17) is 27.3 Å². The first-order valence-electron chi connectivity index (χ1n) is 11.2. The maximum Gasteiger partial charge on any atom is 0.229 e. The van der Waals surface area contributed by atoms with Gasteiger partial charge >= 0.3 is 0 Å². The Labute approximate surface area is 201 Å². The molecule has 34 heavy (non-hydrogen) atoms. The average Bonchev–Trinajstić information content (AvgIpc) is 3.54. The second-order valence-electron chi connectivity index (χ2n) is 8.69. The van der Waals surface area contributed by atoms with Crippen LogP contribution in [0.1, 0.15) is 17.8 Å². The van der Waals surface area contributed by atoms with E-state index in [-0.39, 0.29) is 6.04 Å². The van der Waals surface area contributed by atoms with Crippen molar-refractivity contribution in [3.63, 3.8) is 0 Å². The van der Waals surface area contributed by atoms with Crippen molar-refractivity contribution in [2.75, 3.05) is 23.3 Å². The molecule has 1 aliphatic rings. The van der Waals surface area contributed by atoms with E-state index in [0.717, 1.165) is 47.7 Å². The van der Waals surface area contributed by atoms with Gasteiger partial charge in [0.05, 0.1) is 17.6 Å². The third-order valence-electron chi connectivity index (χ3n) is 6.09. The predicted molar refractivity (Wildman–Crippen MR) is 135 cm³/mol. The van der Waals surface area contributed by atoms with Crippen LogP contribution < -0.4 is 16.0 Å². The topological polar surface area (TPSA) is 114 Å². The van der Waals surface area contributed by atoms with Gasteiger partial charge in [0.2, 0.25) is 5.95 Å². The Morgan fingerprint density at radius 1 is 1.18 bits per heavy atom. The summed E-state index contributed by atoms with van der Waals surface area (Å²) in [5, 5.41) is 4.08. The van der Waals surface area contributed by atoms with Gasteiger partial charge in [0, 0.05) is 29.8 Å². The van der Waals surface area contributed by atoms with Gasteiger partial charge < -0.3 is 20.9 Å². The quantitative estimate of drug-likeness (QED) is 0.355. The van der Waals surface area contributed by atoms with Crippen LogP contribution in [0, 0.1) is 6.92 Å². The molecule has 0 aliphatic carbocycles. The lowest BCUT2D eigenvalue weighted by atomic mass is 10.2. The molecule has 9 nitrogen and oxygen atoms in total. The molecule has 1 aliphatic heterocycles. The van der Waals surface area contributed by atoms with E-state index in [1.54, 1.807) is 6.33 Å². The van der Waals surface area contributed by atoms with Gasteiger partial charge in [0.25, 0.3) is 0 Å². The molecular weight excluding hydrogens is 450 g/mol. The molecular formula is C24H24ClN9. The minimum atomic E-state index is 0.125. The number of anilines is 2. The molecule has 10 heteroatoms. The van der Waals surface area contributed by atoms with E-state index >= 15 is 0 Å². The summed E-state index contributed by atoms with van der Waals surface area (Å²) >= 11 is 6.11. The van der Waals surface area contributed by atoms with Crippen molar-refractivity contribution >= 4 is 45.6 Å². The zero-order valence-electron chi connectivity index (χ0n) is 18.7. The first-order chi connectivity index (χ1) is 16.5.